The number of carbonyl (C=O) groups excluding carboxylic acids is 1. The lowest BCUT2D eigenvalue weighted by Crippen LogP contribution is -2.44. The zero-order valence-electron chi connectivity index (χ0n) is 14.4. The van der Waals surface area contributed by atoms with Gasteiger partial charge in [0.15, 0.2) is 5.82 Å². The Hall–Kier alpha value is -3.09. The van der Waals surface area contributed by atoms with Gasteiger partial charge in [-0.25, -0.2) is 9.78 Å². The van der Waals surface area contributed by atoms with Crippen LogP contribution >= 0.6 is 0 Å². The monoisotopic (exact) mass is 351 g/mol. The molecule has 1 aliphatic rings. The number of hydrogen-bond donors (Lipinski definition) is 2. The summed E-state index contributed by atoms with van der Waals surface area (Å²) in [5.74, 6) is 2.45. The number of piperidine rings is 1. The predicted octanol–water partition coefficient (Wildman–Crippen LogP) is 3.15. The lowest BCUT2D eigenvalue weighted by molar-refractivity contribution is 0.177. The molecule has 134 valence electrons. The van der Waals surface area contributed by atoms with Crippen molar-refractivity contribution in [2.45, 2.75) is 25.3 Å². The van der Waals surface area contributed by atoms with Gasteiger partial charge in [0.25, 0.3) is 0 Å². The number of amides is 2. The topological polar surface area (TPSA) is 87.1 Å². The number of nitrogens with one attached hydrogen (secondary N) is 2. The molecule has 0 unspecified atom stereocenters. The zero-order chi connectivity index (χ0) is 17.8. The van der Waals surface area contributed by atoms with Crippen LogP contribution in [0.3, 0.4) is 0 Å². The van der Waals surface area contributed by atoms with Gasteiger partial charge in [0.05, 0.1) is 12.8 Å². The molecule has 1 aromatic carbocycles. The number of aromatic nitrogens is 3. The fourth-order valence-electron chi connectivity index (χ4n) is 3.25. The van der Waals surface area contributed by atoms with Crippen molar-refractivity contribution in [3.05, 3.63) is 60.3 Å². The minimum absolute atomic E-state index is 0.0751. The third kappa shape index (κ3) is 3.61. The summed E-state index contributed by atoms with van der Waals surface area (Å²) >= 11 is 0. The average Bonchev–Trinajstić information content (AvgIpc) is 3.39. The van der Waals surface area contributed by atoms with Gasteiger partial charge < -0.3 is 14.6 Å². The molecule has 1 saturated heterocycles. The molecule has 4 rings (SSSR count). The number of H-pyrrole nitrogens is 1. The summed E-state index contributed by atoms with van der Waals surface area (Å²) in [5, 5.41) is 10.3. The lowest BCUT2D eigenvalue weighted by atomic mass is 9.97. The minimum atomic E-state index is -0.0751. The Labute approximate surface area is 151 Å². The van der Waals surface area contributed by atoms with E-state index < -0.39 is 0 Å². The molecule has 1 aliphatic heterocycles. The van der Waals surface area contributed by atoms with Crippen LogP contribution in [0, 0.1) is 0 Å². The summed E-state index contributed by atoms with van der Waals surface area (Å²) in [7, 11) is 0. The van der Waals surface area contributed by atoms with Crippen LogP contribution in [0.4, 0.5) is 4.79 Å². The molecule has 0 saturated carbocycles. The second kappa shape index (κ2) is 7.43. The Balaban J connectivity index is 1.39. The van der Waals surface area contributed by atoms with Crippen LogP contribution < -0.4 is 5.32 Å². The predicted molar refractivity (Wildman–Crippen MR) is 96.3 cm³/mol. The average molecular weight is 351 g/mol. The molecule has 3 aromatic rings. The van der Waals surface area contributed by atoms with Crippen molar-refractivity contribution in [2.24, 2.45) is 0 Å². The number of furan rings is 1. The lowest BCUT2D eigenvalue weighted by Gasteiger charge is -2.31. The van der Waals surface area contributed by atoms with E-state index in [0.717, 1.165) is 36.5 Å². The van der Waals surface area contributed by atoms with Crippen molar-refractivity contribution in [3.63, 3.8) is 0 Å². The van der Waals surface area contributed by atoms with Gasteiger partial charge in [-0.2, -0.15) is 5.10 Å². The molecule has 2 N–H and O–H groups in total. The molecular formula is C19H21N5O2. The van der Waals surface area contributed by atoms with Crippen LogP contribution in [0.5, 0.6) is 0 Å². The molecule has 1 fully saturated rings. The molecule has 2 amide bonds. The highest BCUT2D eigenvalue weighted by Crippen LogP contribution is 2.26. The van der Waals surface area contributed by atoms with Gasteiger partial charge in [0, 0.05) is 24.6 Å². The highest BCUT2D eigenvalue weighted by atomic mass is 16.3. The van der Waals surface area contributed by atoms with Gasteiger partial charge in [-0.3, -0.25) is 5.10 Å². The molecular weight excluding hydrogens is 330 g/mol. The Morgan fingerprint density at radius 2 is 2.15 bits per heavy atom. The molecule has 7 nitrogen and oxygen atoms in total. The number of benzene rings is 1. The number of hydrogen-bond acceptors (Lipinski definition) is 4. The Bertz CT molecular complexity index is 844. The maximum atomic E-state index is 12.4. The van der Waals surface area contributed by atoms with Crippen LogP contribution in [-0.2, 0) is 6.54 Å². The summed E-state index contributed by atoms with van der Waals surface area (Å²) in [6.07, 6.45) is 3.54. The molecule has 7 heteroatoms. The van der Waals surface area contributed by atoms with Gasteiger partial charge in [0.1, 0.15) is 11.6 Å². The Kier molecular flexibility index (Phi) is 4.68. The van der Waals surface area contributed by atoms with E-state index >= 15 is 0 Å². The first-order valence-corrected chi connectivity index (χ1v) is 8.82. The molecule has 0 radical (unpaired) electrons. The molecule has 1 atom stereocenters. The first-order chi connectivity index (χ1) is 12.8. The van der Waals surface area contributed by atoms with Crippen molar-refractivity contribution in [2.75, 3.05) is 13.1 Å². The highest BCUT2D eigenvalue weighted by Gasteiger charge is 2.27. The number of aromatic amines is 1. The van der Waals surface area contributed by atoms with Crippen molar-refractivity contribution in [1.29, 1.82) is 0 Å². The van der Waals surface area contributed by atoms with Gasteiger partial charge in [-0.1, -0.05) is 30.3 Å². The van der Waals surface area contributed by atoms with Crippen LogP contribution in [0.2, 0.25) is 0 Å². The van der Waals surface area contributed by atoms with Crippen LogP contribution in [0.1, 0.15) is 30.3 Å². The van der Waals surface area contributed by atoms with E-state index in [1.807, 2.05) is 47.4 Å². The summed E-state index contributed by atoms with van der Waals surface area (Å²) in [4.78, 5) is 18.9. The largest absolute Gasteiger partial charge is 0.467 e. The van der Waals surface area contributed by atoms with Crippen molar-refractivity contribution in [3.8, 4) is 11.4 Å². The first-order valence-electron chi connectivity index (χ1n) is 8.82. The molecule has 26 heavy (non-hydrogen) atoms. The molecule has 0 bridgehead atoms. The number of nitrogens with zero attached hydrogens (tertiary/aromatic N) is 3. The number of urea groups is 1. The van der Waals surface area contributed by atoms with Crippen molar-refractivity contribution < 1.29 is 9.21 Å². The summed E-state index contributed by atoms with van der Waals surface area (Å²) < 4.78 is 5.25. The smallest absolute Gasteiger partial charge is 0.317 e. The van der Waals surface area contributed by atoms with Crippen LogP contribution in [-0.4, -0.2) is 39.2 Å². The van der Waals surface area contributed by atoms with E-state index in [9.17, 15) is 4.79 Å². The second-order valence-electron chi connectivity index (χ2n) is 6.43. The fraction of sp³-hybridized carbons (Fsp3) is 0.316. The SMILES string of the molecule is O=C(NCc1ccco1)N1CCC[C@H](c2nc(-c3ccccc3)n[nH]2)C1. The maximum absolute atomic E-state index is 12.4. The Morgan fingerprint density at radius 3 is 2.96 bits per heavy atom. The van der Waals surface area contributed by atoms with Crippen molar-refractivity contribution in [1.82, 2.24) is 25.4 Å². The second-order valence-corrected chi connectivity index (χ2v) is 6.43. The third-order valence-corrected chi connectivity index (χ3v) is 4.62. The first kappa shape index (κ1) is 16.4. The normalized spacial score (nSPS) is 17.2. The molecule has 0 aliphatic carbocycles. The molecule has 0 spiro atoms. The van der Waals surface area contributed by atoms with Gasteiger partial charge >= 0.3 is 6.03 Å². The van der Waals surface area contributed by atoms with E-state index in [-0.39, 0.29) is 11.9 Å². The van der Waals surface area contributed by atoms with E-state index in [1.165, 1.54) is 0 Å². The van der Waals surface area contributed by atoms with E-state index in [4.69, 9.17) is 4.42 Å². The minimum Gasteiger partial charge on any atom is -0.467 e. The molecule has 3 heterocycles. The fourth-order valence-corrected chi connectivity index (χ4v) is 3.25. The van der Waals surface area contributed by atoms with Gasteiger partial charge in [-0.15, -0.1) is 0 Å². The standard InChI is InChI=1S/C19H21N5O2/c25-19(20-12-16-9-5-11-26-16)24-10-4-8-15(13-24)18-21-17(22-23-18)14-6-2-1-3-7-14/h1-3,5-7,9,11,15H,4,8,10,12-13H2,(H,20,25)(H,21,22,23)/t15-/m0/s1. The summed E-state index contributed by atoms with van der Waals surface area (Å²) in [6.45, 7) is 1.78. The third-order valence-electron chi connectivity index (χ3n) is 4.62. The van der Waals surface area contributed by atoms with E-state index in [0.29, 0.717) is 18.9 Å². The van der Waals surface area contributed by atoms with Gasteiger partial charge in [0.2, 0.25) is 0 Å². The maximum Gasteiger partial charge on any atom is 0.317 e. The summed E-state index contributed by atoms with van der Waals surface area (Å²) in [5.41, 5.74) is 0.985. The van der Waals surface area contributed by atoms with E-state index in [1.54, 1.807) is 6.26 Å². The highest BCUT2D eigenvalue weighted by molar-refractivity contribution is 5.74. The molecule has 2 aromatic heterocycles. The van der Waals surface area contributed by atoms with E-state index in [2.05, 4.69) is 20.5 Å². The van der Waals surface area contributed by atoms with Crippen LogP contribution in [0.15, 0.2) is 53.1 Å². The van der Waals surface area contributed by atoms with Crippen LogP contribution in [0.25, 0.3) is 11.4 Å². The van der Waals surface area contributed by atoms with Gasteiger partial charge in [-0.05, 0) is 25.0 Å². The summed E-state index contributed by atoms with van der Waals surface area (Å²) in [6, 6.07) is 13.5. The van der Waals surface area contributed by atoms with Crippen molar-refractivity contribution >= 4 is 6.03 Å². The number of carbonyl (C=O) groups is 1. The quantitative estimate of drug-likeness (QED) is 0.756. The Morgan fingerprint density at radius 1 is 1.27 bits per heavy atom. The number of likely N-dealkylation sites (tertiary alicyclic amines) is 1. The zero-order valence-corrected chi connectivity index (χ0v) is 14.4. The number of rotatable bonds is 4.